The largest absolute Gasteiger partial charge is 0.479 e. The van der Waals surface area contributed by atoms with Crippen LogP contribution in [0.15, 0.2) is 4.99 Å². The Hall–Kier alpha value is -1.63. The van der Waals surface area contributed by atoms with Crippen LogP contribution in [0.2, 0.25) is 0 Å². The SMILES string of the molecule is O=CNC1=NC(C(=O)O)NN1. The van der Waals surface area contributed by atoms with Crippen LogP contribution >= 0.6 is 0 Å². The normalized spacial score (nSPS) is 21.8. The van der Waals surface area contributed by atoms with E-state index in [1.807, 2.05) is 0 Å². The molecular formula is C4H6N4O3. The summed E-state index contributed by atoms with van der Waals surface area (Å²) in [7, 11) is 0. The van der Waals surface area contributed by atoms with Crippen LogP contribution in [0.3, 0.4) is 0 Å². The quantitative estimate of drug-likeness (QED) is 0.336. The number of carboxylic acid groups (broad SMARTS) is 1. The van der Waals surface area contributed by atoms with Crippen LogP contribution in [0.5, 0.6) is 0 Å². The van der Waals surface area contributed by atoms with E-state index in [1.165, 1.54) is 0 Å². The predicted octanol–water partition coefficient (Wildman–Crippen LogP) is -2.39. The van der Waals surface area contributed by atoms with Crippen LogP contribution in [-0.2, 0) is 9.59 Å². The average Bonchev–Trinajstić information content (AvgIpc) is 2.37. The van der Waals surface area contributed by atoms with E-state index in [2.05, 4.69) is 21.2 Å². The summed E-state index contributed by atoms with van der Waals surface area (Å²) >= 11 is 0. The van der Waals surface area contributed by atoms with E-state index in [4.69, 9.17) is 5.11 Å². The third kappa shape index (κ3) is 1.64. The highest BCUT2D eigenvalue weighted by Gasteiger charge is 2.21. The number of aliphatic imine (C=N–C) groups is 1. The minimum atomic E-state index is -1.11. The lowest BCUT2D eigenvalue weighted by atomic mass is 10.5. The van der Waals surface area contributed by atoms with Crippen molar-refractivity contribution in [1.29, 1.82) is 0 Å². The molecule has 7 nitrogen and oxygen atoms in total. The summed E-state index contributed by atoms with van der Waals surface area (Å²) in [5.74, 6) is -1.01. The zero-order valence-electron chi connectivity index (χ0n) is 5.37. The van der Waals surface area contributed by atoms with Crippen molar-refractivity contribution in [2.45, 2.75) is 6.17 Å². The number of carbonyl (C=O) groups excluding carboxylic acids is 1. The maximum absolute atomic E-state index is 10.2. The summed E-state index contributed by atoms with van der Waals surface area (Å²) in [4.78, 5) is 23.6. The molecule has 0 spiro atoms. The second-order valence-electron chi connectivity index (χ2n) is 1.75. The molecule has 0 aliphatic carbocycles. The van der Waals surface area contributed by atoms with Crippen LogP contribution in [0, 0.1) is 0 Å². The molecule has 0 saturated carbocycles. The molecule has 11 heavy (non-hydrogen) atoms. The molecule has 0 bridgehead atoms. The summed E-state index contributed by atoms with van der Waals surface area (Å²) in [6, 6.07) is 0. The standard InChI is InChI=1S/C4H6N4O3/c9-1-5-4-6-2(3(10)11)7-8-4/h1-2,7H,(H,10,11)(H2,5,6,8,9). The van der Waals surface area contributed by atoms with Gasteiger partial charge in [-0.1, -0.05) is 0 Å². The fourth-order valence-corrected chi connectivity index (χ4v) is 0.576. The van der Waals surface area contributed by atoms with Gasteiger partial charge in [0, 0.05) is 0 Å². The molecule has 7 heteroatoms. The number of aliphatic carboxylic acids is 1. The lowest BCUT2D eigenvalue weighted by Crippen LogP contribution is -2.42. The van der Waals surface area contributed by atoms with Crippen LogP contribution in [0.1, 0.15) is 0 Å². The van der Waals surface area contributed by atoms with Crippen molar-refractivity contribution in [2.24, 2.45) is 4.99 Å². The number of guanidine groups is 1. The molecule has 0 fully saturated rings. The second-order valence-corrected chi connectivity index (χ2v) is 1.75. The van der Waals surface area contributed by atoms with Gasteiger partial charge in [0.05, 0.1) is 0 Å². The number of amides is 1. The van der Waals surface area contributed by atoms with Gasteiger partial charge >= 0.3 is 5.97 Å². The number of carboxylic acids is 1. The van der Waals surface area contributed by atoms with Crippen LogP contribution < -0.4 is 16.2 Å². The van der Waals surface area contributed by atoms with Gasteiger partial charge in [-0.15, -0.1) is 0 Å². The monoisotopic (exact) mass is 158 g/mol. The van der Waals surface area contributed by atoms with Gasteiger partial charge in [0.15, 0.2) is 0 Å². The van der Waals surface area contributed by atoms with Gasteiger partial charge in [-0.3, -0.25) is 15.5 Å². The first-order chi connectivity index (χ1) is 5.24. The Morgan fingerprint density at radius 3 is 3.00 bits per heavy atom. The maximum atomic E-state index is 10.2. The fraction of sp³-hybridized carbons (Fsp3) is 0.250. The molecule has 1 aliphatic heterocycles. The Bertz CT molecular complexity index is 213. The minimum absolute atomic E-state index is 0.104. The molecule has 1 rings (SSSR count). The van der Waals surface area contributed by atoms with Crippen molar-refractivity contribution in [3.8, 4) is 0 Å². The van der Waals surface area contributed by atoms with E-state index < -0.39 is 12.1 Å². The highest BCUT2D eigenvalue weighted by atomic mass is 16.4. The Kier molecular flexibility index (Phi) is 2.02. The summed E-state index contributed by atoms with van der Waals surface area (Å²) in [5.41, 5.74) is 4.68. The van der Waals surface area contributed by atoms with Crippen LogP contribution in [-0.4, -0.2) is 29.6 Å². The number of rotatable bonds is 2. The molecule has 0 aromatic rings. The summed E-state index contributed by atoms with van der Waals surface area (Å²) in [5, 5.41) is 10.5. The molecule has 1 atom stereocenters. The van der Waals surface area contributed by atoms with Crippen LogP contribution in [0.25, 0.3) is 0 Å². The van der Waals surface area contributed by atoms with E-state index in [0.29, 0.717) is 6.41 Å². The molecule has 0 saturated heterocycles. The summed E-state index contributed by atoms with van der Waals surface area (Å²) < 4.78 is 0. The number of carbonyl (C=O) groups is 2. The zero-order chi connectivity index (χ0) is 8.27. The maximum Gasteiger partial charge on any atom is 0.345 e. The second kappa shape index (κ2) is 2.97. The fourth-order valence-electron chi connectivity index (χ4n) is 0.576. The molecule has 1 aliphatic rings. The van der Waals surface area contributed by atoms with Crippen LogP contribution in [0.4, 0.5) is 0 Å². The first-order valence-corrected chi connectivity index (χ1v) is 2.76. The molecule has 1 amide bonds. The lowest BCUT2D eigenvalue weighted by molar-refractivity contribution is -0.139. The van der Waals surface area contributed by atoms with Crippen molar-refractivity contribution in [1.82, 2.24) is 16.2 Å². The third-order valence-corrected chi connectivity index (χ3v) is 1.02. The highest BCUT2D eigenvalue weighted by molar-refractivity contribution is 5.92. The number of hydrogen-bond acceptors (Lipinski definition) is 5. The Morgan fingerprint density at radius 1 is 1.82 bits per heavy atom. The van der Waals surface area contributed by atoms with Crippen molar-refractivity contribution in [2.75, 3.05) is 0 Å². The van der Waals surface area contributed by atoms with Crippen molar-refractivity contribution in [3.63, 3.8) is 0 Å². The van der Waals surface area contributed by atoms with Gasteiger partial charge in [-0.2, -0.15) is 0 Å². The Morgan fingerprint density at radius 2 is 2.55 bits per heavy atom. The number of nitrogens with zero attached hydrogens (tertiary/aromatic N) is 1. The van der Waals surface area contributed by atoms with Crippen molar-refractivity contribution < 1.29 is 14.7 Å². The average molecular weight is 158 g/mol. The first-order valence-electron chi connectivity index (χ1n) is 2.76. The number of hydrazine groups is 1. The molecule has 4 N–H and O–H groups in total. The Labute approximate surface area is 61.5 Å². The predicted molar refractivity (Wildman–Crippen MR) is 34.3 cm³/mol. The lowest BCUT2D eigenvalue weighted by Gasteiger charge is -1.98. The van der Waals surface area contributed by atoms with Gasteiger partial charge in [0.2, 0.25) is 18.5 Å². The van der Waals surface area contributed by atoms with Gasteiger partial charge < -0.3 is 5.11 Å². The summed E-state index contributed by atoms with van der Waals surface area (Å²) in [6.45, 7) is 0. The number of hydrogen-bond donors (Lipinski definition) is 4. The van der Waals surface area contributed by atoms with Gasteiger partial charge in [-0.05, 0) is 0 Å². The highest BCUT2D eigenvalue weighted by Crippen LogP contribution is 1.89. The van der Waals surface area contributed by atoms with Crippen molar-refractivity contribution >= 4 is 18.3 Å². The third-order valence-electron chi connectivity index (χ3n) is 1.02. The smallest absolute Gasteiger partial charge is 0.345 e. The molecule has 60 valence electrons. The molecule has 0 aromatic heterocycles. The van der Waals surface area contributed by atoms with Gasteiger partial charge in [0.1, 0.15) is 0 Å². The van der Waals surface area contributed by atoms with E-state index in [0.717, 1.165) is 0 Å². The summed E-state index contributed by atoms with van der Waals surface area (Å²) in [6.07, 6.45) is -0.630. The molecule has 0 radical (unpaired) electrons. The first kappa shape index (κ1) is 7.48. The molecular weight excluding hydrogens is 152 g/mol. The van der Waals surface area contributed by atoms with Gasteiger partial charge in [0.25, 0.3) is 0 Å². The topological polar surface area (TPSA) is 103 Å². The van der Waals surface area contributed by atoms with Crippen molar-refractivity contribution in [3.05, 3.63) is 0 Å². The minimum Gasteiger partial charge on any atom is -0.479 e. The van der Waals surface area contributed by atoms with E-state index in [-0.39, 0.29) is 5.96 Å². The van der Waals surface area contributed by atoms with E-state index in [9.17, 15) is 9.59 Å². The Balaban J connectivity index is 2.53. The zero-order valence-corrected chi connectivity index (χ0v) is 5.37. The number of nitrogens with one attached hydrogen (secondary N) is 3. The molecule has 0 aromatic carbocycles. The van der Waals surface area contributed by atoms with Gasteiger partial charge in [-0.25, -0.2) is 15.2 Å². The molecule has 1 heterocycles. The molecule has 1 unspecified atom stereocenters. The van der Waals surface area contributed by atoms with E-state index in [1.54, 1.807) is 0 Å². The van der Waals surface area contributed by atoms with E-state index >= 15 is 0 Å².